The van der Waals surface area contributed by atoms with Gasteiger partial charge in [0.05, 0.1) is 62.6 Å². The number of nitrogens with one attached hydrogen (secondary N) is 2. The molecule has 0 bridgehead atoms. The summed E-state index contributed by atoms with van der Waals surface area (Å²) in [5, 5.41) is 124. The van der Waals surface area contributed by atoms with Gasteiger partial charge in [0.15, 0.2) is 23.3 Å². The minimum atomic E-state index is -0.0913. The zero-order chi connectivity index (χ0) is 94.9. The lowest BCUT2D eigenvalue weighted by molar-refractivity contribution is -0.0299. The molecule has 34 heteroatoms. The molecular weight excluding hydrogens is 1710 g/mol. The molecule has 34 nitrogen and oxygen atoms in total. The summed E-state index contributed by atoms with van der Waals surface area (Å²) in [6, 6.07) is 56.5. The van der Waals surface area contributed by atoms with Crippen LogP contribution in [0.3, 0.4) is 0 Å². The van der Waals surface area contributed by atoms with Crippen LogP contribution in [-0.2, 0) is 6.42 Å². The summed E-state index contributed by atoms with van der Waals surface area (Å²) < 4.78 is 8.52. The van der Waals surface area contributed by atoms with Crippen molar-refractivity contribution < 1.29 is 25.5 Å². The number of anilines is 4. The van der Waals surface area contributed by atoms with Crippen molar-refractivity contribution in [1.82, 2.24) is 120 Å². The highest BCUT2D eigenvalue weighted by Crippen LogP contribution is 2.43. The highest BCUT2D eigenvalue weighted by atomic mass is 16.3. The van der Waals surface area contributed by atoms with Crippen molar-refractivity contribution in [2.75, 3.05) is 106 Å². The van der Waals surface area contributed by atoms with Crippen LogP contribution in [0.4, 0.5) is 23.3 Å². The highest BCUT2D eigenvalue weighted by Gasteiger charge is 2.44. The van der Waals surface area contributed by atoms with Crippen LogP contribution in [0.2, 0.25) is 0 Å². The molecule has 10 aromatic heterocycles. The zero-order valence-corrected chi connectivity index (χ0v) is 78.8. The summed E-state index contributed by atoms with van der Waals surface area (Å²) in [5.41, 5.74) is 18.3. The Hall–Kier alpha value is -14.5. The van der Waals surface area contributed by atoms with Crippen LogP contribution in [0.1, 0.15) is 112 Å². The van der Waals surface area contributed by atoms with Crippen molar-refractivity contribution in [3.8, 4) is 113 Å². The summed E-state index contributed by atoms with van der Waals surface area (Å²) in [6.07, 6.45) is 28.8. The molecule has 0 radical (unpaired) electrons. The quantitative estimate of drug-likeness (QED) is 0.0420. The van der Waals surface area contributed by atoms with Crippen LogP contribution in [0.5, 0.6) is 28.7 Å². The van der Waals surface area contributed by atoms with Crippen LogP contribution < -0.4 is 36.0 Å². The number of hydrogen-bond acceptors (Lipinski definition) is 29. The minimum Gasteiger partial charge on any atom is -0.507 e. The molecule has 5 aromatic carbocycles. The molecule has 15 aromatic rings. The summed E-state index contributed by atoms with van der Waals surface area (Å²) in [6.45, 7) is 25.3. The third kappa shape index (κ3) is 22.1. The van der Waals surface area contributed by atoms with Crippen LogP contribution in [0.25, 0.3) is 84.7 Å². The number of nitrogens with two attached hydrogens (primary N) is 1. The minimum absolute atomic E-state index is 0.0548. The van der Waals surface area contributed by atoms with Crippen LogP contribution in [0.15, 0.2) is 244 Å². The van der Waals surface area contributed by atoms with Gasteiger partial charge in [-0.15, -0.1) is 40.8 Å². The fraction of sp³-hybridized carbons (Fsp3) is 0.363. The van der Waals surface area contributed by atoms with Gasteiger partial charge in [0.1, 0.15) is 28.7 Å². The smallest absolute Gasteiger partial charge is 0.151 e. The molecule has 6 saturated heterocycles. The lowest BCUT2D eigenvalue weighted by Gasteiger charge is -2.53. The monoisotopic (exact) mass is 1830 g/mol. The first-order valence-corrected chi connectivity index (χ1v) is 46.6. The number of nitrogens with zero attached hydrogens (tertiary/aromatic N) is 26. The average Bonchev–Trinajstić information content (AvgIpc) is 1.07. The number of hydrogen-bond donors (Lipinski definition) is 8. The normalized spacial score (nSPS) is 18.4. The lowest BCUT2D eigenvalue weighted by Crippen LogP contribution is -2.58. The Labute approximate surface area is 792 Å². The fourth-order valence-corrected chi connectivity index (χ4v) is 19.1. The lowest BCUT2D eigenvalue weighted by atomic mass is 9.72. The van der Waals surface area contributed by atoms with E-state index in [0.29, 0.717) is 68.2 Å². The van der Waals surface area contributed by atoms with Crippen LogP contribution in [-0.4, -0.2) is 256 Å². The molecule has 1 spiro atoms. The maximum Gasteiger partial charge on any atom is 0.151 e. The Kier molecular flexibility index (Phi) is 27.7. The molecule has 0 aliphatic carbocycles. The number of piperidine rings is 3. The maximum absolute atomic E-state index is 10.5. The van der Waals surface area contributed by atoms with Crippen molar-refractivity contribution in [3.05, 3.63) is 250 Å². The Morgan fingerprint density at radius 3 is 1.06 bits per heavy atom. The standard InChI is InChI=1S/C24H31N5O.C20H22N6O.C20H24N6O.2C19H22N6O/c1-23(2)15-17(16-24(3,4)28(23)5)13-18-7-10-21(27-26-18)20-9-8-19(14-22(20)30)29-12-6-11-25-29;27-18-13-15(26-11-2-10-22-26)3-4-16(18)17-5-6-19(24-23-17)25-12-8-20(14-25)7-1-9-21-20;1-24(2)16-5-3-11-25(14-16)20-9-8-18(22-23-20)17-7-6-15(13-19(17)27)26-12-4-10-21-26;1-19(2)13-24(11-9-20-19)18-7-6-16(22-23-18)15-5-4-14(12-17(15)26)25-10-3-8-21-25;1-19(20)7-11-24(12-8-19)18-6-5-16(22-23-18)15-4-3-14(13-17(15)26)25-10-2-9-21-25/h6-12,14,17,30H,13,15-16H2,1-5H3;2-6,10-11,13,21,27H,1,7-9,12,14H2;4,6-10,12-13,16,27H,3,5,11,14H2,1-2H3;3-8,10,12,20,26H,9,11,13H2,1-2H3;2-6,9-10,13,26H,7-8,11-12,20H2,1H3. The van der Waals surface area contributed by atoms with Gasteiger partial charge in [-0.05, 0) is 298 Å². The first kappa shape index (κ1) is 93.4. The van der Waals surface area contributed by atoms with E-state index in [2.05, 4.69) is 186 Å². The summed E-state index contributed by atoms with van der Waals surface area (Å²) >= 11 is 0. The van der Waals surface area contributed by atoms with Crippen molar-refractivity contribution in [2.45, 2.75) is 146 Å². The first-order valence-electron chi connectivity index (χ1n) is 46.6. The number of piperazine rings is 1. The topological polar surface area (TPSA) is 389 Å². The Morgan fingerprint density at radius 1 is 0.375 bits per heavy atom. The fourth-order valence-electron chi connectivity index (χ4n) is 19.1. The van der Waals surface area contributed by atoms with Crippen molar-refractivity contribution in [3.63, 3.8) is 0 Å². The first-order chi connectivity index (χ1) is 65.5. The van der Waals surface area contributed by atoms with E-state index >= 15 is 0 Å². The molecule has 16 heterocycles. The van der Waals surface area contributed by atoms with Crippen molar-refractivity contribution in [1.29, 1.82) is 0 Å². The molecule has 6 fully saturated rings. The van der Waals surface area contributed by atoms with Gasteiger partial charge >= 0.3 is 0 Å². The highest BCUT2D eigenvalue weighted by molar-refractivity contribution is 5.73. The van der Waals surface area contributed by atoms with E-state index in [1.807, 2.05) is 183 Å². The van der Waals surface area contributed by atoms with Crippen LogP contribution in [0, 0.1) is 5.92 Å². The third-order valence-corrected chi connectivity index (χ3v) is 26.9. The SMILES string of the molecule is CC1(C)CN(c2ccc(-c3ccc(-n4cccn4)cc3O)nn2)CCN1.CC1(N)CCN(c2ccc(-c3ccc(-n4cccn4)cc3O)nn2)CC1.CN(C)C1CCCN(c2ccc(-c3ccc(-n4cccn4)cc3O)nn2)C1.CN1C(C)(C)CC(Cc2ccc(-c3ccc(-n4cccn4)cc3O)nn2)CC1(C)C.Oc1cc(-n2cccn2)ccc1-c1ccc(N2CCC3(CCCN3)C2)nn1. The molecule has 136 heavy (non-hydrogen) atoms. The average molecular weight is 1830 g/mol. The number of benzene rings is 5. The molecule has 0 amide bonds. The number of likely N-dealkylation sites (N-methyl/N-ethyl adjacent to an activating group) is 1. The van der Waals surface area contributed by atoms with Gasteiger partial charge in [0, 0.05) is 213 Å². The molecule has 9 N–H and O–H groups in total. The molecule has 21 rings (SSSR count). The van der Waals surface area contributed by atoms with E-state index < -0.39 is 0 Å². The summed E-state index contributed by atoms with van der Waals surface area (Å²) in [7, 11) is 6.48. The second-order valence-corrected chi connectivity index (χ2v) is 38.5. The number of aromatic hydroxyl groups is 5. The molecule has 6 aliphatic heterocycles. The van der Waals surface area contributed by atoms with E-state index in [9.17, 15) is 25.5 Å². The number of phenols is 5. The van der Waals surface area contributed by atoms with E-state index in [-0.39, 0.29) is 56.4 Å². The van der Waals surface area contributed by atoms with Gasteiger partial charge in [-0.1, -0.05) is 0 Å². The molecule has 2 atom stereocenters. The second-order valence-electron chi connectivity index (χ2n) is 38.5. The van der Waals surface area contributed by atoms with Crippen LogP contribution >= 0.6 is 0 Å². The van der Waals surface area contributed by atoms with E-state index in [1.165, 1.54) is 19.3 Å². The van der Waals surface area contributed by atoms with Gasteiger partial charge in [-0.2, -0.15) is 35.7 Å². The van der Waals surface area contributed by atoms with E-state index in [4.69, 9.17) is 5.73 Å². The largest absolute Gasteiger partial charge is 0.507 e. The number of phenolic OH excluding ortho intramolecular Hbond substituents is 5. The Morgan fingerprint density at radius 2 is 0.735 bits per heavy atom. The third-order valence-electron chi connectivity index (χ3n) is 26.9. The predicted octanol–water partition coefficient (Wildman–Crippen LogP) is 14.0. The zero-order valence-electron chi connectivity index (χ0n) is 78.8. The van der Waals surface area contributed by atoms with Gasteiger partial charge in [-0.3, -0.25) is 4.90 Å². The number of rotatable bonds is 17. The Bertz CT molecular complexity index is 6260. The van der Waals surface area contributed by atoms with E-state index in [1.54, 1.807) is 84.7 Å². The van der Waals surface area contributed by atoms with Gasteiger partial charge in [0.25, 0.3) is 0 Å². The molecule has 0 saturated carbocycles. The van der Waals surface area contributed by atoms with Crippen molar-refractivity contribution in [2.24, 2.45) is 11.7 Å². The van der Waals surface area contributed by atoms with Crippen molar-refractivity contribution >= 4 is 23.3 Å². The second kappa shape index (κ2) is 40.4. The van der Waals surface area contributed by atoms with Gasteiger partial charge < -0.3 is 66.4 Å². The molecule has 2 unspecified atom stereocenters. The van der Waals surface area contributed by atoms with E-state index in [0.717, 1.165) is 168 Å². The van der Waals surface area contributed by atoms with Gasteiger partial charge in [-0.25, -0.2) is 23.4 Å². The predicted molar refractivity (Wildman–Crippen MR) is 528 cm³/mol. The summed E-state index contributed by atoms with van der Waals surface area (Å²) in [5.74, 6) is 4.87. The van der Waals surface area contributed by atoms with Gasteiger partial charge in [0.2, 0.25) is 0 Å². The molecular formula is C102H121N29O5. The molecule has 6 aliphatic rings. The Balaban J connectivity index is 0.000000118. The maximum atomic E-state index is 10.5. The molecule has 704 valence electrons. The summed E-state index contributed by atoms with van der Waals surface area (Å²) in [4.78, 5) is 13.8. The number of aromatic nitrogens is 20. The number of likely N-dealkylation sites (tertiary alicyclic amines) is 1.